The highest BCUT2D eigenvalue weighted by Gasteiger charge is 2.37. The van der Waals surface area contributed by atoms with Crippen LogP contribution in [-0.4, -0.2) is 36.8 Å². The molecule has 0 radical (unpaired) electrons. The van der Waals surface area contributed by atoms with Crippen LogP contribution in [0.15, 0.2) is 36.4 Å². The molecule has 6 heteroatoms. The minimum atomic E-state index is -0.780. The second kappa shape index (κ2) is 16.2. The van der Waals surface area contributed by atoms with Gasteiger partial charge in [0, 0.05) is 17.9 Å². The number of thiol groups is 1. The normalized spacial score (nSPS) is 19.8. The Kier molecular flexibility index (Phi) is 15.4. The number of unbranched alkanes of at least 4 members (excludes halogenated alkanes) is 1. The predicted octanol–water partition coefficient (Wildman–Crippen LogP) is 6.30. The quantitative estimate of drug-likeness (QED) is 0.367. The monoisotopic (exact) mass is 440 g/mol. The van der Waals surface area contributed by atoms with Gasteiger partial charge in [-0.3, -0.25) is 4.79 Å². The largest absolute Gasteiger partial charge is 0.496 e. The third kappa shape index (κ3) is 11.0. The number of hydrogen-bond acceptors (Lipinski definition) is 5. The zero-order valence-corrected chi connectivity index (χ0v) is 20.3. The summed E-state index contributed by atoms with van der Waals surface area (Å²) in [4.78, 5) is 10.6. The van der Waals surface area contributed by atoms with Gasteiger partial charge in [0.05, 0.1) is 19.8 Å². The molecular formula is C24H40O5S. The number of carboxylic acid groups (broad SMARTS) is 1. The molecule has 1 saturated heterocycles. The first-order valence-electron chi connectivity index (χ1n) is 10.6. The highest BCUT2D eigenvalue weighted by Crippen LogP contribution is 2.41. The van der Waals surface area contributed by atoms with E-state index in [0.717, 1.165) is 17.7 Å². The summed E-state index contributed by atoms with van der Waals surface area (Å²) in [6.45, 7) is 8.77. The van der Waals surface area contributed by atoms with Gasteiger partial charge in [0.15, 0.2) is 5.79 Å². The molecule has 1 aromatic rings. The fourth-order valence-electron chi connectivity index (χ4n) is 2.84. The first kappa shape index (κ1) is 28.5. The van der Waals surface area contributed by atoms with Crippen LogP contribution in [0.1, 0.15) is 71.5 Å². The molecule has 0 bridgehead atoms. The Bertz CT molecular complexity index is 613. The van der Waals surface area contributed by atoms with Gasteiger partial charge in [-0.05, 0) is 39.0 Å². The second-order valence-electron chi connectivity index (χ2n) is 7.39. The lowest BCUT2D eigenvalue weighted by atomic mass is 9.91. The summed E-state index contributed by atoms with van der Waals surface area (Å²) in [7, 11) is 1.66. The Hall–Kier alpha value is -1.50. The molecule has 1 N–H and O–H groups in total. The molecule has 2 unspecified atom stereocenters. The van der Waals surface area contributed by atoms with Crippen LogP contribution in [-0.2, 0) is 14.3 Å². The molecule has 0 amide bonds. The van der Waals surface area contributed by atoms with E-state index in [2.05, 4.69) is 26.5 Å². The SMILES string of the molecule is CCCC.COc1ccccc1C1OC(C)(C)OCC1C/C=C\CCC(=O)O.CS. The summed E-state index contributed by atoms with van der Waals surface area (Å²) in [5, 5.41) is 8.68. The molecule has 1 fully saturated rings. The van der Waals surface area contributed by atoms with Gasteiger partial charge in [-0.2, -0.15) is 12.6 Å². The van der Waals surface area contributed by atoms with Crippen molar-refractivity contribution in [3.8, 4) is 5.75 Å². The van der Waals surface area contributed by atoms with E-state index in [-0.39, 0.29) is 18.4 Å². The summed E-state index contributed by atoms with van der Waals surface area (Å²) in [6, 6.07) is 7.87. The number of carboxylic acids is 1. The first-order valence-corrected chi connectivity index (χ1v) is 11.5. The molecule has 1 aliphatic rings. The van der Waals surface area contributed by atoms with E-state index in [1.54, 1.807) is 13.4 Å². The van der Waals surface area contributed by atoms with E-state index >= 15 is 0 Å². The van der Waals surface area contributed by atoms with E-state index in [4.69, 9.17) is 19.3 Å². The van der Waals surface area contributed by atoms with E-state index < -0.39 is 11.8 Å². The van der Waals surface area contributed by atoms with Crippen molar-refractivity contribution in [2.45, 2.75) is 71.7 Å². The van der Waals surface area contributed by atoms with Gasteiger partial charge in [-0.25, -0.2) is 0 Å². The molecule has 5 nitrogen and oxygen atoms in total. The number of carbonyl (C=O) groups is 1. The molecule has 0 spiro atoms. The summed E-state index contributed by atoms with van der Waals surface area (Å²) >= 11 is 3.53. The van der Waals surface area contributed by atoms with Crippen molar-refractivity contribution < 1.29 is 24.1 Å². The highest BCUT2D eigenvalue weighted by atomic mass is 32.1. The van der Waals surface area contributed by atoms with Crippen molar-refractivity contribution in [1.29, 1.82) is 0 Å². The van der Waals surface area contributed by atoms with Gasteiger partial charge in [0.25, 0.3) is 0 Å². The van der Waals surface area contributed by atoms with E-state index in [1.807, 2.05) is 50.3 Å². The average molecular weight is 441 g/mol. The number of ether oxygens (including phenoxy) is 3. The maximum atomic E-state index is 10.6. The Morgan fingerprint density at radius 2 is 1.87 bits per heavy atom. The third-order valence-corrected chi connectivity index (χ3v) is 4.56. The lowest BCUT2D eigenvalue weighted by Gasteiger charge is -2.41. The van der Waals surface area contributed by atoms with Crippen LogP contribution in [0.25, 0.3) is 0 Å². The van der Waals surface area contributed by atoms with Gasteiger partial charge >= 0.3 is 5.97 Å². The summed E-state index contributed by atoms with van der Waals surface area (Å²) < 4.78 is 17.5. The number of rotatable bonds is 8. The Morgan fingerprint density at radius 1 is 1.23 bits per heavy atom. The van der Waals surface area contributed by atoms with E-state index in [1.165, 1.54) is 12.8 Å². The van der Waals surface area contributed by atoms with Gasteiger partial charge in [0.1, 0.15) is 5.75 Å². The number of benzene rings is 1. The topological polar surface area (TPSA) is 65.0 Å². The number of aliphatic carboxylic acids is 1. The predicted molar refractivity (Wildman–Crippen MR) is 126 cm³/mol. The van der Waals surface area contributed by atoms with Crippen LogP contribution in [0, 0.1) is 5.92 Å². The zero-order chi connectivity index (χ0) is 23.0. The Balaban J connectivity index is 0.00000125. The van der Waals surface area contributed by atoms with E-state index in [0.29, 0.717) is 13.0 Å². The van der Waals surface area contributed by atoms with Crippen LogP contribution in [0.5, 0.6) is 5.75 Å². The molecule has 172 valence electrons. The van der Waals surface area contributed by atoms with Crippen LogP contribution < -0.4 is 4.74 Å². The molecule has 2 rings (SSSR count). The molecule has 1 aromatic carbocycles. The average Bonchev–Trinajstić information content (AvgIpc) is 2.75. The Labute approximate surface area is 188 Å². The first-order chi connectivity index (χ1) is 14.3. The lowest BCUT2D eigenvalue weighted by molar-refractivity contribution is -0.295. The zero-order valence-electron chi connectivity index (χ0n) is 19.4. The molecule has 2 atom stereocenters. The number of hydrogen-bond donors (Lipinski definition) is 2. The van der Waals surface area contributed by atoms with Crippen LogP contribution in [0.2, 0.25) is 0 Å². The minimum absolute atomic E-state index is 0.131. The molecule has 1 heterocycles. The van der Waals surface area contributed by atoms with Gasteiger partial charge in [-0.1, -0.05) is 57.0 Å². The highest BCUT2D eigenvalue weighted by molar-refractivity contribution is 7.79. The summed E-state index contributed by atoms with van der Waals surface area (Å²) in [6.07, 6.45) is 9.58. The fourth-order valence-corrected chi connectivity index (χ4v) is 2.84. The molecule has 0 saturated carbocycles. The molecule has 0 aliphatic carbocycles. The smallest absolute Gasteiger partial charge is 0.303 e. The Morgan fingerprint density at radius 3 is 2.43 bits per heavy atom. The molecule has 1 aliphatic heterocycles. The summed E-state index contributed by atoms with van der Waals surface area (Å²) in [5.74, 6) is -0.470. The van der Waals surface area contributed by atoms with Crippen LogP contribution in [0.4, 0.5) is 0 Å². The molecular weight excluding hydrogens is 400 g/mol. The maximum Gasteiger partial charge on any atom is 0.303 e. The van der Waals surface area contributed by atoms with Gasteiger partial charge in [0.2, 0.25) is 0 Å². The lowest BCUT2D eigenvalue weighted by Crippen LogP contribution is -2.41. The standard InChI is InChI=1S/C19H26O5.C4H10.CH4S/c1-19(2)23-13-14(9-5-4-6-12-17(20)21)18(24-19)15-10-7-8-11-16(15)22-3;1-3-4-2;1-2/h4-5,7-8,10-11,14,18H,6,9,12-13H2,1-3H3,(H,20,21);3-4H2,1-2H3;2H,1H3/b5-4-;;. The number of allylic oxidation sites excluding steroid dienone is 2. The van der Waals surface area contributed by atoms with Crippen molar-refractivity contribution in [2.75, 3.05) is 20.0 Å². The van der Waals surface area contributed by atoms with Crippen molar-refractivity contribution >= 4 is 18.6 Å². The summed E-state index contributed by atoms with van der Waals surface area (Å²) in [5.41, 5.74) is 1.01. The minimum Gasteiger partial charge on any atom is -0.496 e. The van der Waals surface area contributed by atoms with Crippen molar-refractivity contribution in [1.82, 2.24) is 0 Å². The molecule has 0 aromatic heterocycles. The fraction of sp³-hybridized carbons (Fsp3) is 0.625. The van der Waals surface area contributed by atoms with Crippen molar-refractivity contribution in [2.24, 2.45) is 5.92 Å². The second-order valence-corrected chi connectivity index (χ2v) is 7.39. The number of methoxy groups -OCH3 is 1. The van der Waals surface area contributed by atoms with Crippen molar-refractivity contribution in [3.05, 3.63) is 42.0 Å². The van der Waals surface area contributed by atoms with Crippen LogP contribution in [0.3, 0.4) is 0 Å². The third-order valence-electron chi connectivity index (χ3n) is 4.56. The van der Waals surface area contributed by atoms with Gasteiger partial charge in [-0.15, -0.1) is 0 Å². The van der Waals surface area contributed by atoms with Gasteiger partial charge < -0.3 is 19.3 Å². The van der Waals surface area contributed by atoms with E-state index in [9.17, 15) is 4.79 Å². The van der Waals surface area contributed by atoms with Crippen molar-refractivity contribution in [3.63, 3.8) is 0 Å². The maximum absolute atomic E-state index is 10.6. The van der Waals surface area contributed by atoms with Crippen LogP contribution >= 0.6 is 12.6 Å². The number of para-hydroxylation sites is 1. The molecule has 30 heavy (non-hydrogen) atoms.